The van der Waals surface area contributed by atoms with Gasteiger partial charge in [0, 0.05) is 11.9 Å². The lowest BCUT2D eigenvalue weighted by atomic mass is 10.2. The Morgan fingerprint density at radius 2 is 2.25 bits per heavy atom. The molecule has 0 fully saturated rings. The number of hydrogen-bond acceptors (Lipinski definition) is 6. The molecule has 0 unspecified atom stereocenters. The molecule has 0 radical (unpaired) electrons. The van der Waals surface area contributed by atoms with E-state index in [1.807, 2.05) is 25.1 Å². The largest absolute Gasteiger partial charge is 0.431 e. The molecule has 24 heavy (non-hydrogen) atoms. The summed E-state index contributed by atoms with van der Waals surface area (Å²) in [6.45, 7) is 4.81. The number of aromatic nitrogens is 2. The number of unbranched alkanes of at least 4 members (excludes halogenated alkanes) is 1. The zero-order chi connectivity index (χ0) is 16.9. The number of nitrogens with zero attached hydrogens (tertiary/aromatic N) is 2. The predicted octanol–water partition coefficient (Wildman–Crippen LogP) is 4.41. The van der Waals surface area contributed by atoms with E-state index >= 15 is 0 Å². The fourth-order valence-electron chi connectivity index (χ4n) is 2.20. The molecule has 0 aliphatic heterocycles. The molecule has 7 heteroatoms. The minimum Gasteiger partial charge on any atom is -0.431 e. The molecule has 0 aliphatic carbocycles. The zero-order valence-electron chi connectivity index (χ0n) is 13.7. The number of fused-ring (bicyclic) bond motifs is 1. The van der Waals surface area contributed by atoms with Crippen molar-refractivity contribution in [1.82, 2.24) is 15.3 Å². The summed E-state index contributed by atoms with van der Waals surface area (Å²) in [6.07, 6.45) is 2.04. The smallest absolute Gasteiger partial charge is 0.270 e. The van der Waals surface area contributed by atoms with Crippen molar-refractivity contribution in [1.29, 1.82) is 0 Å². The van der Waals surface area contributed by atoms with Crippen molar-refractivity contribution in [2.24, 2.45) is 0 Å². The molecule has 1 N–H and O–H groups in total. The predicted molar refractivity (Wildman–Crippen MR) is 97.7 cm³/mol. The lowest BCUT2D eigenvalue weighted by molar-refractivity contribution is 0.0948. The SMILES string of the molecule is CCCCNC(=O)c1csc(CSc2nc3c(C)cccc3o2)n1. The van der Waals surface area contributed by atoms with Gasteiger partial charge in [-0.1, -0.05) is 37.2 Å². The van der Waals surface area contributed by atoms with Crippen molar-refractivity contribution in [3.63, 3.8) is 0 Å². The Hall–Kier alpha value is -1.86. The maximum absolute atomic E-state index is 12.0. The highest BCUT2D eigenvalue weighted by Gasteiger charge is 2.12. The van der Waals surface area contributed by atoms with E-state index in [9.17, 15) is 4.79 Å². The van der Waals surface area contributed by atoms with E-state index in [4.69, 9.17) is 4.42 Å². The van der Waals surface area contributed by atoms with Crippen LogP contribution in [0.5, 0.6) is 0 Å². The number of thiazole rings is 1. The van der Waals surface area contributed by atoms with Gasteiger partial charge >= 0.3 is 0 Å². The van der Waals surface area contributed by atoms with E-state index in [1.165, 1.54) is 23.1 Å². The van der Waals surface area contributed by atoms with Crippen molar-refractivity contribution in [3.8, 4) is 0 Å². The fraction of sp³-hybridized carbons (Fsp3) is 0.353. The minimum absolute atomic E-state index is 0.103. The summed E-state index contributed by atoms with van der Waals surface area (Å²) in [6, 6.07) is 5.90. The molecule has 2 aromatic heterocycles. The van der Waals surface area contributed by atoms with Crippen molar-refractivity contribution >= 4 is 40.1 Å². The Balaban J connectivity index is 1.60. The average Bonchev–Trinajstić information content (AvgIpc) is 3.20. The number of carbonyl (C=O) groups is 1. The fourth-order valence-corrected chi connectivity index (χ4v) is 3.83. The molecule has 0 saturated carbocycles. The maximum atomic E-state index is 12.0. The van der Waals surface area contributed by atoms with Crippen LogP contribution in [0.3, 0.4) is 0 Å². The van der Waals surface area contributed by atoms with E-state index < -0.39 is 0 Å². The highest BCUT2D eigenvalue weighted by molar-refractivity contribution is 7.98. The molecule has 0 aliphatic rings. The van der Waals surface area contributed by atoms with Crippen LogP contribution in [0.4, 0.5) is 0 Å². The molecule has 5 nitrogen and oxygen atoms in total. The summed E-state index contributed by atoms with van der Waals surface area (Å²) in [7, 11) is 0. The number of aryl methyl sites for hydroxylation is 1. The Morgan fingerprint density at radius 1 is 1.38 bits per heavy atom. The first-order chi connectivity index (χ1) is 11.7. The van der Waals surface area contributed by atoms with Crippen molar-refractivity contribution in [3.05, 3.63) is 39.8 Å². The van der Waals surface area contributed by atoms with E-state index in [-0.39, 0.29) is 5.91 Å². The summed E-state index contributed by atoms with van der Waals surface area (Å²) in [4.78, 5) is 20.9. The van der Waals surface area contributed by atoms with E-state index in [0.29, 0.717) is 23.2 Å². The van der Waals surface area contributed by atoms with Crippen LogP contribution in [0.15, 0.2) is 33.2 Å². The number of rotatable bonds is 7. The highest BCUT2D eigenvalue weighted by atomic mass is 32.2. The van der Waals surface area contributed by atoms with Crippen molar-refractivity contribution in [2.45, 2.75) is 37.7 Å². The number of amides is 1. The number of thioether (sulfide) groups is 1. The second-order valence-electron chi connectivity index (χ2n) is 5.43. The topological polar surface area (TPSA) is 68.0 Å². The number of carbonyl (C=O) groups excluding carboxylic acids is 1. The Kier molecular flexibility index (Phi) is 5.52. The van der Waals surface area contributed by atoms with E-state index in [0.717, 1.165) is 34.5 Å². The number of hydrogen-bond donors (Lipinski definition) is 1. The van der Waals surface area contributed by atoms with Crippen LogP contribution in [0.2, 0.25) is 0 Å². The van der Waals surface area contributed by atoms with Gasteiger partial charge in [0.15, 0.2) is 5.58 Å². The van der Waals surface area contributed by atoms with Crippen molar-refractivity contribution in [2.75, 3.05) is 6.54 Å². The highest BCUT2D eigenvalue weighted by Crippen LogP contribution is 2.28. The molecular weight excluding hydrogens is 342 g/mol. The normalized spacial score (nSPS) is 11.1. The second kappa shape index (κ2) is 7.81. The monoisotopic (exact) mass is 361 g/mol. The van der Waals surface area contributed by atoms with Gasteiger partial charge in [0.2, 0.25) is 0 Å². The van der Waals surface area contributed by atoms with Crippen LogP contribution in [0, 0.1) is 6.92 Å². The number of para-hydroxylation sites is 1. The van der Waals surface area contributed by atoms with Gasteiger partial charge < -0.3 is 9.73 Å². The summed E-state index contributed by atoms with van der Waals surface area (Å²) < 4.78 is 5.74. The van der Waals surface area contributed by atoms with Gasteiger partial charge in [-0.25, -0.2) is 9.97 Å². The minimum atomic E-state index is -0.103. The Bertz CT molecular complexity index is 841. The van der Waals surface area contributed by atoms with Crippen LogP contribution in [-0.2, 0) is 5.75 Å². The standard InChI is InChI=1S/C17H19N3O2S2/c1-3-4-8-18-16(21)12-9-23-14(19-12)10-24-17-20-15-11(2)6-5-7-13(15)22-17/h5-7,9H,3-4,8,10H2,1-2H3,(H,18,21). The molecule has 0 atom stereocenters. The molecule has 0 saturated heterocycles. The lowest BCUT2D eigenvalue weighted by Crippen LogP contribution is -2.24. The van der Waals surface area contributed by atoms with Gasteiger partial charge in [-0.2, -0.15) is 0 Å². The molecule has 2 heterocycles. The van der Waals surface area contributed by atoms with Crippen LogP contribution in [0.25, 0.3) is 11.1 Å². The van der Waals surface area contributed by atoms with E-state index in [2.05, 4.69) is 22.2 Å². The van der Waals surface area contributed by atoms with Gasteiger partial charge in [0.05, 0.1) is 5.75 Å². The number of nitrogens with one attached hydrogen (secondary N) is 1. The van der Waals surface area contributed by atoms with Gasteiger partial charge in [-0.05, 0) is 25.0 Å². The molecule has 1 amide bonds. The van der Waals surface area contributed by atoms with Crippen LogP contribution in [-0.4, -0.2) is 22.4 Å². The Morgan fingerprint density at radius 3 is 3.04 bits per heavy atom. The average molecular weight is 361 g/mol. The third kappa shape index (κ3) is 3.96. The molecular formula is C17H19N3O2S2. The third-order valence-electron chi connectivity index (χ3n) is 3.52. The Labute approximate surface area is 148 Å². The van der Waals surface area contributed by atoms with Gasteiger partial charge in [0.1, 0.15) is 16.2 Å². The zero-order valence-corrected chi connectivity index (χ0v) is 15.3. The first kappa shape index (κ1) is 17.0. The lowest BCUT2D eigenvalue weighted by Gasteiger charge is -2.00. The van der Waals surface area contributed by atoms with Crippen LogP contribution in [0.1, 0.15) is 40.8 Å². The first-order valence-electron chi connectivity index (χ1n) is 7.89. The molecule has 1 aromatic carbocycles. The van der Waals surface area contributed by atoms with Gasteiger partial charge in [0.25, 0.3) is 11.1 Å². The molecule has 3 aromatic rings. The second-order valence-corrected chi connectivity index (χ2v) is 7.30. The van der Waals surface area contributed by atoms with E-state index in [1.54, 1.807) is 5.38 Å². The molecule has 0 spiro atoms. The van der Waals surface area contributed by atoms with Crippen LogP contribution < -0.4 is 5.32 Å². The molecule has 3 rings (SSSR count). The van der Waals surface area contributed by atoms with Crippen LogP contribution >= 0.6 is 23.1 Å². The first-order valence-corrected chi connectivity index (χ1v) is 9.75. The summed E-state index contributed by atoms with van der Waals surface area (Å²) in [5.74, 6) is 0.534. The van der Waals surface area contributed by atoms with Gasteiger partial charge in [-0.15, -0.1) is 11.3 Å². The summed E-state index contributed by atoms with van der Waals surface area (Å²) >= 11 is 2.98. The third-order valence-corrected chi connectivity index (χ3v) is 5.39. The molecule has 126 valence electrons. The summed E-state index contributed by atoms with van der Waals surface area (Å²) in [5.41, 5.74) is 3.28. The summed E-state index contributed by atoms with van der Waals surface area (Å²) in [5, 5.41) is 6.19. The van der Waals surface area contributed by atoms with Crippen molar-refractivity contribution < 1.29 is 9.21 Å². The van der Waals surface area contributed by atoms with Gasteiger partial charge in [-0.3, -0.25) is 4.79 Å². The number of benzene rings is 1. The maximum Gasteiger partial charge on any atom is 0.270 e. The quantitative estimate of drug-likeness (QED) is 0.498. The molecule has 0 bridgehead atoms. The number of oxazole rings is 1.